The van der Waals surface area contributed by atoms with Gasteiger partial charge in [0.25, 0.3) is 5.91 Å². The average Bonchev–Trinajstić information content (AvgIpc) is 3.16. The first kappa shape index (κ1) is 24.4. The van der Waals surface area contributed by atoms with Crippen molar-refractivity contribution in [3.05, 3.63) is 106 Å². The normalized spacial score (nSPS) is 14.6. The Hall–Kier alpha value is -3.32. The molecule has 1 aliphatic rings. The highest BCUT2D eigenvalue weighted by Crippen LogP contribution is 2.37. The minimum absolute atomic E-state index is 0.165. The summed E-state index contributed by atoms with van der Waals surface area (Å²) < 4.78 is 12.5. The number of benzene rings is 4. The van der Waals surface area contributed by atoms with Crippen molar-refractivity contribution in [1.82, 2.24) is 0 Å². The number of anilines is 1. The van der Waals surface area contributed by atoms with Crippen LogP contribution in [-0.2, 0) is 11.4 Å². The van der Waals surface area contributed by atoms with E-state index in [1.165, 1.54) is 27.4 Å². The topological polar surface area (TPSA) is 38.8 Å². The van der Waals surface area contributed by atoms with Crippen LogP contribution in [0.3, 0.4) is 0 Å². The zero-order valence-electron chi connectivity index (χ0n) is 19.4. The summed E-state index contributed by atoms with van der Waals surface area (Å²) in [4.78, 5) is 15.2. The highest BCUT2D eigenvalue weighted by atomic mass is 35.5. The highest BCUT2D eigenvalue weighted by molar-refractivity contribution is 8.27. The van der Waals surface area contributed by atoms with Gasteiger partial charge in [0, 0.05) is 5.02 Å². The summed E-state index contributed by atoms with van der Waals surface area (Å²) in [7, 11) is 0. The largest absolute Gasteiger partial charge is 0.490 e. The van der Waals surface area contributed by atoms with Gasteiger partial charge in [-0.1, -0.05) is 78.0 Å². The molecule has 36 heavy (non-hydrogen) atoms. The first-order valence-corrected chi connectivity index (χ1v) is 13.0. The van der Waals surface area contributed by atoms with Gasteiger partial charge in [-0.25, -0.2) is 0 Å². The maximum atomic E-state index is 13.1. The van der Waals surface area contributed by atoms with Gasteiger partial charge >= 0.3 is 0 Å². The van der Waals surface area contributed by atoms with Gasteiger partial charge in [0.2, 0.25) is 0 Å². The van der Waals surface area contributed by atoms with E-state index >= 15 is 0 Å². The Bertz CT molecular complexity index is 1480. The number of hydrogen-bond acceptors (Lipinski definition) is 5. The number of rotatable bonds is 7. The standard InChI is InChI=1S/C29H22ClNO3S2/c1-2-33-26-16-19(17-27-28(32)31(29(35)36-27)24-12-10-23(30)11-13-24)8-14-25(26)34-18-20-7-9-21-5-3-4-6-22(21)15-20/h3-17H,2,18H2,1H3/b27-17-. The highest BCUT2D eigenvalue weighted by Gasteiger charge is 2.33. The first-order valence-electron chi connectivity index (χ1n) is 11.4. The molecular formula is C29H22ClNO3S2. The molecular weight excluding hydrogens is 510 g/mol. The lowest BCUT2D eigenvalue weighted by Crippen LogP contribution is -2.27. The number of carbonyl (C=O) groups excluding carboxylic acids is 1. The van der Waals surface area contributed by atoms with Crippen LogP contribution in [0.25, 0.3) is 16.8 Å². The Morgan fingerprint density at radius 1 is 0.917 bits per heavy atom. The summed E-state index contributed by atoms with van der Waals surface area (Å²) in [5, 5.41) is 2.98. The maximum Gasteiger partial charge on any atom is 0.270 e. The van der Waals surface area contributed by atoms with Gasteiger partial charge in [-0.15, -0.1) is 0 Å². The van der Waals surface area contributed by atoms with Gasteiger partial charge in [0.1, 0.15) is 6.61 Å². The van der Waals surface area contributed by atoms with E-state index in [-0.39, 0.29) is 5.91 Å². The van der Waals surface area contributed by atoms with E-state index < -0.39 is 0 Å². The summed E-state index contributed by atoms with van der Waals surface area (Å²) in [5.41, 5.74) is 2.59. The number of carbonyl (C=O) groups is 1. The lowest BCUT2D eigenvalue weighted by molar-refractivity contribution is -0.113. The molecule has 1 aliphatic heterocycles. The smallest absolute Gasteiger partial charge is 0.270 e. The van der Waals surface area contributed by atoms with Crippen LogP contribution in [0, 0.1) is 0 Å². The van der Waals surface area contributed by atoms with Crippen LogP contribution >= 0.6 is 35.6 Å². The molecule has 4 aromatic rings. The second-order valence-electron chi connectivity index (χ2n) is 8.10. The number of halogens is 1. The number of fused-ring (bicyclic) bond motifs is 1. The molecule has 1 amide bonds. The van der Waals surface area contributed by atoms with Gasteiger partial charge < -0.3 is 9.47 Å². The average molecular weight is 532 g/mol. The van der Waals surface area contributed by atoms with Crippen molar-refractivity contribution in [3.8, 4) is 11.5 Å². The quantitative estimate of drug-likeness (QED) is 0.179. The van der Waals surface area contributed by atoms with Crippen LogP contribution in [0.4, 0.5) is 5.69 Å². The molecule has 0 radical (unpaired) electrons. The van der Waals surface area contributed by atoms with E-state index in [0.29, 0.717) is 44.6 Å². The molecule has 0 spiro atoms. The lowest BCUT2D eigenvalue weighted by atomic mass is 10.1. The van der Waals surface area contributed by atoms with Gasteiger partial charge in [-0.2, -0.15) is 0 Å². The molecule has 7 heteroatoms. The number of amides is 1. The molecule has 1 saturated heterocycles. The Labute approximate surface area is 224 Å². The molecule has 4 aromatic carbocycles. The molecule has 1 heterocycles. The van der Waals surface area contributed by atoms with E-state index in [4.69, 9.17) is 33.3 Å². The second kappa shape index (κ2) is 10.7. The predicted octanol–water partition coefficient (Wildman–Crippen LogP) is 7.88. The third-order valence-electron chi connectivity index (χ3n) is 5.65. The molecule has 1 fully saturated rings. The van der Waals surface area contributed by atoms with E-state index in [2.05, 4.69) is 30.3 Å². The molecule has 0 saturated carbocycles. The summed E-state index contributed by atoms with van der Waals surface area (Å²) in [5.74, 6) is 1.11. The number of ether oxygens (including phenoxy) is 2. The third-order valence-corrected chi connectivity index (χ3v) is 7.21. The van der Waals surface area contributed by atoms with Crippen molar-refractivity contribution in [1.29, 1.82) is 0 Å². The van der Waals surface area contributed by atoms with E-state index in [0.717, 1.165) is 11.1 Å². The molecule has 180 valence electrons. The summed E-state index contributed by atoms with van der Waals surface area (Å²) in [6.07, 6.45) is 1.82. The van der Waals surface area contributed by atoms with Gasteiger partial charge in [-0.05, 0) is 77.4 Å². The summed E-state index contributed by atoms with van der Waals surface area (Å²) >= 11 is 12.7. The number of hydrogen-bond donors (Lipinski definition) is 0. The van der Waals surface area contributed by atoms with Crippen molar-refractivity contribution in [2.45, 2.75) is 13.5 Å². The summed E-state index contributed by atoms with van der Waals surface area (Å²) in [6, 6.07) is 27.3. The van der Waals surface area contributed by atoms with E-state index in [1.54, 1.807) is 24.3 Å². The molecule has 0 N–H and O–H groups in total. The SMILES string of the molecule is CCOc1cc(/C=C2\SC(=S)N(c3ccc(Cl)cc3)C2=O)ccc1OCc1ccc2ccccc2c1. The fourth-order valence-corrected chi connectivity index (χ4v) is 5.35. The Balaban J connectivity index is 1.35. The Morgan fingerprint density at radius 3 is 2.47 bits per heavy atom. The molecule has 0 atom stereocenters. The fourth-order valence-electron chi connectivity index (χ4n) is 3.92. The summed E-state index contributed by atoms with van der Waals surface area (Å²) in [6.45, 7) is 2.84. The molecule has 0 aliphatic carbocycles. The van der Waals surface area contributed by atoms with Gasteiger partial charge in [0.15, 0.2) is 15.8 Å². The van der Waals surface area contributed by atoms with Crippen LogP contribution in [-0.4, -0.2) is 16.8 Å². The van der Waals surface area contributed by atoms with Crippen molar-refractivity contribution in [2.24, 2.45) is 0 Å². The maximum absolute atomic E-state index is 13.1. The molecule has 4 nitrogen and oxygen atoms in total. The zero-order chi connectivity index (χ0) is 25.1. The van der Waals surface area contributed by atoms with Gasteiger partial charge in [0.05, 0.1) is 17.2 Å². The van der Waals surface area contributed by atoms with Crippen molar-refractivity contribution in [3.63, 3.8) is 0 Å². The van der Waals surface area contributed by atoms with Crippen molar-refractivity contribution >= 4 is 68.3 Å². The first-order chi connectivity index (χ1) is 17.5. The van der Waals surface area contributed by atoms with Crippen LogP contribution in [0.5, 0.6) is 11.5 Å². The second-order valence-corrected chi connectivity index (χ2v) is 10.2. The van der Waals surface area contributed by atoms with Crippen LogP contribution in [0.15, 0.2) is 89.8 Å². The predicted molar refractivity (Wildman–Crippen MR) is 153 cm³/mol. The lowest BCUT2D eigenvalue weighted by Gasteiger charge is -2.14. The van der Waals surface area contributed by atoms with Gasteiger partial charge in [-0.3, -0.25) is 9.69 Å². The molecule has 0 unspecified atom stereocenters. The van der Waals surface area contributed by atoms with Crippen molar-refractivity contribution in [2.75, 3.05) is 11.5 Å². The zero-order valence-corrected chi connectivity index (χ0v) is 21.8. The molecule has 5 rings (SSSR count). The van der Waals surface area contributed by atoms with E-state index in [1.807, 2.05) is 43.3 Å². The van der Waals surface area contributed by atoms with Crippen LogP contribution in [0.1, 0.15) is 18.1 Å². The van der Waals surface area contributed by atoms with Crippen LogP contribution in [0.2, 0.25) is 5.02 Å². The minimum Gasteiger partial charge on any atom is -0.490 e. The number of nitrogens with zero attached hydrogens (tertiary/aromatic N) is 1. The van der Waals surface area contributed by atoms with Crippen molar-refractivity contribution < 1.29 is 14.3 Å². The molecule has 0 bridgehead atoms. The Morgan fingerprint density at radius 2 is 1.69 bits per heavy atom. The molecule has 0 aromatic heterocycles. The monoisotopic (exact) mass is 531 g/mol. The minimum atomic E-state index is -0.165. The van der Waals surface area contributed by atoms with Crippen LogP contribution < -0.4 is 14.4 Å². The number of thiocarbonyl (C=S) groups is 1. The Kier molecular flexibility index (Phi) is 7.28. The third kappa shape index (κ3) is 5.26. The van der Waals surface area contributed by atoms with E-state index in [9.17, 15) is 4.79 Å². The number of thioether (sulfide) groups is 1. The fraction of sp³-hybridized carbons (Fsp3) is 0.103.